The number of amides is 1. The molecule has 0 unspecified atom stereocenters. The predicted molar refractivity (Wildman–Crippen MR) is 120 cm³/mol. The van der Waals surface area contributed by atoms with Gasteiger partial charge in [-0.05, 0) is 42.7 Å². The number of hydrogen-bond donors (Lipinski definition) is 1. The van der Waals surface area contributed by atoms with Crippen molar-refractivity contribution in [3.05, 3.63) is 47.5 Å². The molecule has 1 fully saturated rings. The van der Waals surface area contributed by atoms with Gasteiger partial charge in [-0.15, -0.1) is 0 Å². The lowest BCUT2D eigenvalue weighted by Gasteiger charge is -2.19. The molecule has 0 radical (unpaired) electrons. The van der Waals surface area contributed by atoms with Gasteiger partial charge in [0.25, 0.3) is 0 Å². The van der Waals surface area contributed by atoms with Crippen LogP contribution in [0, 0.1) is 5.92 Å². The molecule has 8 nitrogen and oxygen atoms in total. The second-order valence-electron chi connectivity index (χ2n) is 7.45. The molecular weight excluding hydrogens is 412 g/mol. The lowest BCUT2D eigenvalue weighted by molar-refractivity contribution is -0.125. The average molecular weight is 440 g/mol. The molecule has 0 heterocycles. The van der Waals surface area contributed by atoms with Crippen LogP contribution in [0.4, 0.5) is 0 Å². The lowest BCUT2D eigenvalue weighted by atomic mass is 9.89. The van der Waals surface area contributed by atoms with Gasteiger partial charge >= 0.3 is 5.97 Å². The van der Waals surface area contributed by atoms with Gasteiger partial charge in [-0.3, -0.25) is 4.79 Å². The molecule has 2 aromatic carbocycles. The molecule has 1 aliphatic carbocycles. The molecule has 1 amide bonds. The molecule has 0 saturated heterocycles. The standard InChI is InChI=1S/C24H28N2O6/c1-29-20-13-18(14-21(30-2)22(20)31-3)24(28)32-19-11-7-8-16(12-19)15-25-26-23(27)17-9-5-4-6-10-17/h7-8,11-15,17H,4-6,9-10H2,1-3H3,(H,26,27). The lowest BCUT2D eigenvalue weighted by Crippen LogP contribution is -2.28. The van der Waals surface area contributed by atoms with Crippen LogP contribution in [0.25, 0.3) is 0 Å². The molecule has 3 rings (SSSR count). The number of rotatable bonds is 8. The fourth-order valence-electron chi connectivity index (χ4n) is 3.65. The zero-order valence-electron chi connectivity index (χ0n) is 18.6. The number of benzene rings is 2. The third-order valence-corrected chi connectivity index (χ3v) is 5.33. The summed E-state index contributed by atoms with van der Waals surface area (Å²) in [5, 5.41) is 4.05. The highest BCUT2D eigenvalue weighted by atomic mass is 16.5. The first-order valence-corrected chi connectivity index (χ1v) is 10.5. The first-order valence-electron chi connectivity index (χ1n) is 10.5. The zero-order chi connectivity index (χ0) is 22.9. The largest absolute Gasteiger partial charge is 0.493 e. The monoisotopic (exact) mass is 440 g/mol. The van der Waals surface area contributed by atoms with E-state index in [2.05, 4.69) is 10.5 Å². The highest BCUT2D eigenvalue weighted by Gasteiger charge is 2.20. The summed E-state index contributed by atoms with van der Waals surface area (Å²) in [5.41, 5.74) is 3.54. The van der Waals surface area contributed by atoms with Crippen molar-refractivity contribution in [1.29, 1.82) is 0 Å². The van der Waals surface area contributed by atoms with Crippen molar-refractivity contribution in [2.75, 3.05) is 21.3 Å². The van der Waals surface area contributed by atoms with E-state index in [9.17, 15) is 9.59 Å². The first-order chi connectivity index (χ1) is 15.5. The van der Waals surface area contributed by atoms with Crippen molar-refractivity contribution < 1.29 is 28.5 Å². The van der Waals surface area contributed by atoms with Crippen LogP contribution in [0.15, 0.2) is 41.5 Å². The van der Waals surface area contributed by atoms with Gasteiger partial charge < -0.3 is 18.9 Å². The molecular formula is C24H28N2O6. The second-order valence-corrected chi connectivity index (χ2v) is 7.45. The molecule has 8 heteroatoms. The topological polar surface area (TPSA) is 95.5 Å². The molecule has 0 spiro atoms. The molecule has 1 saturated carbocycles. The molecule has 170 valence electrons. The van der Waals surface area contributed by atoms with E-state index in [1.165, 1.54) is 46.1 Å². The van der Waals surface area contributed by atoms with E-state index in [0.717, 1.165) is 25.7 Å². The highest BCUT2D eigenvalue weighted by molar-refractivity contribution is 5.93. The number of ether oxygens (including phenoxy) is 4. The van der Waals surface area contributed by atoms with Crippen molar-refractivity contribution in [3.8, 4) is 23.0 Å². The van der Waals surface area contributed by atoms with Crippen LogP contribution in [-0.4, -0.2) is 39.4 Å². The molecule has 0 bridgehead atoms. The molecule has 0 aromatic heterocycles. The van der Waals surface area contributed by atoms with Crippen molar-refractivity contribution in [1.82, 2.24) is 5.43 Å². The van der Waals surface area contributed by atoms with Gasteiger partial charge in [-0.25, -0.2) is 10.2 Å². The Morgan fingerprint density at radius 3 is 2.28 bits per heavy atom. The Hall–Kier alpha value is -3.55. The van der Waals surface area contributed by atoms with Gasteiger partial charge in [0.05, 0.1) is 33.1 Å². The predicted octanol–water partition coefficient (Wildman–Crippen LogP) is 3.96. The molecule has 1 N–H and O–H groups in total. The Morgan fingerprint density at radius 2 is 1.66 bits per heavy atom. The number of hydrazone groups is 1. The molecule has 1 aliphatic rings. The Morgan fingerprint density at radius 1 is 0.969 bits per heavy atom. The van der Waals surface area contributed by atoms with Crippen molar-refractivity contribution in [3.63, 3.8) is 0 Å². The van der Waals surface area contributed by atoms with Crippen LogP contribution in [-0.2, 0) is 4.79 Å². The van der Waals surface area contributed by atoms with E-state index < -0.39 is 5.97 Å². The summed E-state index contributed by atoms with van der Waals surface area (Å²) in [6.45, 7) is 0. The summed E-state index contributed by atoms with van der Waals surface area (Å²) in [7, 11) is 4.44. The number of carbonyl (C=O) groups is 2. The average Bonchev–Trinajstić information content (AvgIpc) is 2.83. The van der Waals surface area contributed by atoms with Crippen molar-refractivity contribution >= 4 is 18.1 Å². The Kier molecular flexibility index (Phi) is 8.08. The third-order valence-electron chi connectivity index (χ3n) is 5.33. The van der Waals surface area contributed by atoms with E-state index in [1.807, 2.05) is 0 Å². The van der Waals surface area contributed by atoms with Crippen molar-refractivity contribution in [2.45, 2.75) is 32.1 Å². The van der Waals surface area contributed by atoms with Crippen LogP contribution in [0.1, 0.15) is 48.0 Å². The fourth-order valence-corrected chi connectivity index (χ4v) is 3.65. The number of nitrogens with one attached hydrogen (secondary N) is 1. The summed E-state index contributed by atoms with van der Waals surface area (Å²) < 4.78 is 21.3. The maximum absolute atomic E-state index is 12.7. The molecule has 2 aromatic rings. The normalized spacial score (nSPS) is 14.1. The fraction of sp³-hybridized carbons (Fsp3) is 0.375. The minimum Gasteiger partial charge on any atom is -0.493 e. The number of carbonyl (C=O) groups excluding carboxylic acids is 2. The summed E-state index contributed by atoms with van der Waals surface area (Å²) >= 11 is 0. The van der Waals surface area contributed by atoms with Gasteiger partial charge in [-0.1, -0.05) is 31.4 Å². The van der Waals surface area contributed by atoms with Gasteiger partial charge in [0.2, 0.25) is 11.7 Å². The molecule has 0 aliphatic heterocycles. The van der Waals surface area contributed by atoms with Crippen LogP contribution in [0.3, 0.4) is 0 Å². The van der Waals surface area contributed by atoms with E-state index in [4.69, 9.17) is 18.9 Å². The van der Waals surface area contributed by atoms with Crippen molar-refractivity contribution in [2.24, 2.45) is 11.0 Å². The maximum atomic E-state index is 12.7. The maximum Gasteiger partial charge on any atom is 0.343 e. The van der Waals surface area contributed by atoms with Gasteiger partial charge in [0, 0.05) is 5.92 Å². The van der Waals surface area contributed by atoms with E-state index in [0.29, 0.717) is 28.6 Å². The Labute approximate surface area is 187 Å². The van der Waals surface area contributed by atoms with E-state index >= 15 is 0 Å². The van der Waals surface area contributed by atoms with E-state index in [-0.39, 0.29) is 17.4 Å². The van der Waals surface area contributed by atoms with Crippen LogP contribution >= 0.6 is 0 Å². The minimum absolute atomic E-state index is 0.0340. The second kappa shape index (κ2) is 11.2. The van der Waals surface area contributed by atoms with Gasteiger partial charge in [-0.2, -0.15) is 5.10 Å². The van der Waals surface area contributed by atoms with Gasteiger partial charge in [0.1, 0.15) is 5.75 Å². The first kappa shape index (κ1) is 23.1. The SMILES string of the molecule is COc1cc(C(=O)Oc2cccc(C=NNC(=O)C3CCCCC3)c2)cc(OC)c1OC. The molecule has 32 heavy (non-hydrogen) atoms. The van der Waals surface area contributed by atoms with Crippen LogP contribution < -0.4 is 24.4 Å². The number of esters is 1. The van der Waals surface area contributed by atoms with E-state index in [1.54, 1.807) is 24.3 Å². The summed E-state index contributed by atoms with van der Waals surface area (Å²) in [5.74, 6) is 0.842. The molecule has 0 atom stereocenters. The Bertz CT molecular complexity index is 957. The Balaban J connectivity index is 1.66. The van der Waals surface area contributed by atoms with Gasteiger partial charge in [0.15, 0.2) is 11.5 Å². The third kappa shape index (κ3) is 5.78. The summed E-state index contributed by atoms with van der Waals surface area (Å²) in [6, 6.07) is 9.90. The summed E-state index contributed by atoms with van der Waals surface area (Å²) in [4.78, 5) is 24.9. The highest BCUT2D eigenvalue weighted by Crippen LogP contribution is 2.38. The summed E-state index contributed by atoms with van der Waals surface area (Å²) in [6.07, 6.45) is 6.70. The quantitative estimate of drug-likeness (QED) is 0.289. The van der Waals surface area contributed by atoms with Crippen LogP contribution in [0.2, 0.25) is 0 Å². The number of methoxy groups -OCH3 is 3. The smallest absolute Gasteiger partial charge is 0.343 e. The van der Waals surface area contributed by atoms with Crippen LogP contribution in [0.5, 0.6) is 23.0 Å². The number of nitrogens with zero attached hydrogens (tertiary/aromatic N) is 1. The zero-order valence-corrected chi connectivity index (χ0v) is 18.6. The minimum atomic E-state index is -0.580. The number of hydrogen-bond acceptors (Lipinski definition) is 7.